The zero-order chi connectivity index (χ0) is 14.6. The van der Waals surface area contributed by atoms with Gasteiger partial charge < -0.3 is 5.43 Å². The number of rotatable bonds is 5. The summed E-state index contributed by atoms with van der Waals surface area (Å²) < 4.78 is 27.1. The molecule has 0 spiro atoms. The maximum atomic E-state index is 12.2. The molecule has 1 saturated carbocycles. The first-order chi connectivity index (χ1) is 9.51. The third-order valence-corrected chi connectivity index (χ3v) is 5.22. The molecule has 1 aromatic heterocycles. The highest BCUT2D eigenvalue weighted by molar-refractivity contribution is 7.89. The first-order valence-corrected chi connectivity index (χ1v) is 8.42. The Balaban J connectivity index is 1.99. The number of nitrogens with zero attached hydrogens (tertiary/aromatic N) is 1. The molecule has 1 aliphatic rings. The molecule has 0 aromatic carbocycles. The van der Waals surface area contributed by atoms with Crippen molar-refractivity contribution in [3.8, 4) is 0 Å². The van der Waals surface area contributed by atoms with Crippen molar-refractivity contribution < 1.29 is 8.42 Å². The number of hydrogen-bond donors (Lipinski definition) is 3. The summed E-state index contributed by atoms with van der Waals surface area (Å²) in [6.45, 7) is 2.73. The van der Waals surface area contributed by atoms with E-state index in [0.717, 1.165) is 12.8 Å². The molecular weight excluding hydrogens is 276 g/mol. The standard InChI is InChI=1S/C13H22N4O2S/c1-10-3-2-4-11(7-10)9-16-20(18,19)12-5-6-15-13(8-12)17-14/h5-6,8,10-11,16H,2-4,7,9,14H2,1H3,(H,15,17). The van der Waals surface area contributed by atoms with Gasteiger partial charge in [-0.1, -0.05) is 19.8 Å². The average molecular weight is 298 g/mol. The van der Waals surface area contributed by atoms with Crippen molar-refractivity contribution in [3.05, 3.63) is 18.3 Å². The molecule has 7 heteroatoms. The van der Waals surface area contributed by atoms with Crippen molar-refractivity contribution in [3.63, 3.8) is 0 Å². The quantitative estimate of drug-likeness (QED) is 0.565. The first-order valence-electron chi connectivity index (χ1n) is 6.93. The van der Waals surface area contributed by atoms with E-state index in [9.17, 15) is 8.42 Å². The molecule has 20 heavy (non-hydrogen) atoms. The van der Waals surface area contributed by atoms with Crippen molar-refractivity contribution in [2.45, 2.75) is 37.5 Å². The molecular formula is C13H22N4O2S. The second-order valence-electron chi connectivity index (χ2n) is 5.51. The van der Waals surface area contributed by atoms with Gasteiger partial charge in [-0.2, -0.15) is 0 Å². The predicted molar refractivity (Wildman–Crippen MR) is 78.4 cm³/mol. The van der Waals surface area contributed by atoms with Gasteiger partial charge in [0.15, 0.2) is 0 Å². The van der Waals surface area contributed by atoms with Crippen LogP contribution in [-0.4, -0.2) is 19.9 Å². The molecule has 1 fully saturated rings. The Labute approximate surface area is 120 Å². The number of anilines is 1. The number of nitrogens with one attached hydrogen (secondary N) is 2. The fraction of sp³-hybridized carbons (Fsp3) is 0.615. The van der Waals surface area contributed by atoms with Gasteiger partial charge in [-0.05, 0) is 30.7 Å². The summed E-state index contributed by atoms with van der Waals surface area (Å²) >= 11 is 0. The highest BCUT2D eigenvalue weighted by atomic mass is 32.2. The third kappa shape index (κ3) is 3.91. The molecule has 2 atom stereocenters. The van der Waals surface area contributed by atoms with E-state index in [1.165, 1.54) is 31.2 Å². The van der Waals surface area contributed by atoms with Crippen LogP contribution in [0, 0.1) is 11.8 Å². The zero-order valence-electron chi connectivity index (χ0n) is 11.7. The van der Waals surface area contributed by atoms with Gasteiger partial charge in [-0.25, -0.2) is 24.0 Å². The van der Waals surface area contributed by atoms with Gasteiger partial charge in [0.2, 0.25) is 10.0 Å². The molecule has 2 rings (SSSR count). The summed E-state index contributed by atoms with van der Waals surface area (Å²) in [5.41, 5.74) is 2.35. The van der Waals surface area contributed by atoms with Crippen LogP contribution in [0.4, 0.5) is 5.82 Å². The van der Waals surface area contributed by atoms with Gasteiger partial charge in [-0.15, -0.1) is 0 Å². The molecule has 4 N–H and O–H groups in total. The number of pyridine rings is 1. The first kappa shape index (κ1) is 15.2. The van der Waals surface area contributed by atoms with Crippen molar-refractivity contribution in [1.82, 2.24) is 9.71 Å². The van der Waals surface area contributed by atoms with Crippen molar-refractivity contribution >= 4 is 15.8 Å². The van der Waals surface area contributed by atoms with Gasteiger partial charge >= 0.3 is 0 Å². The van der Waals surface area contributed by atoms with Crippen LogP contribution in [0.3, 0.4) is 0 Å². The van der Waals surface area contributed by atoms with Gasteiger partial charge in [0.05, 0.1) is 4.90 Å². The highest BCUT2D eigenvalue weighted by Crippen LogP contribution is 2.28. The van der Waals surface area contributed by atoms with Crippen molar-refractivity contribution in [1.29, 1.82) is 0 Å². The Morgan fingerprint density at radius 2 is 2.25 bits per heavy atom. The van der Waals surface area contributed by atoms with Crippen LogP contribution in [0.5, 0.6) is 0 Å². The van der Waals surface area contributed by atoms with Crippen LogP contribution >= 0.6 is 0 Å². The molecule has 2 unspecified atom stereocenters. The monoisotopic (exact) mass is 298 g/mol. The SMILES string of the molecule is CC1CCCC(CNS(=O)(=O)c2ccnc(NN)c2)C1. The van der Waals surface area contributed by atoms with E-state index in [0.29, 0.717) is 24.2 Å². The molecule has 0 radical (unpaired) electrons. The van der Waals surface area contributed by atoms with Crippen LogP contribution in [0.2, 0.25) is 0 Å². The van der Waals surface area contributed by atoms with Crippen molar-refractivity contribution in [2.75, 3.05) is 12.0 Å². The fourth-order valence-corrected chi connectivity index (χ4v) is 3.84. The minimum Gasteiger partial charge on any atom is -0.308 e. The van der Waals surface area contributed by atoms with Crippen LogP contribution in [-0.2, 0) is 10.0 Å². The van der Waals surface area contributed by atoms with Crippen LogP contribution in [0.15, 0.2) is 23.2 Å². The summed E-state index contributed by atoms with van der Waals surface area (Å²) in [5.74, 6) is 6.69. The minimum atomic E-state index is -3.50. The lowest BCUT2D eigenvalue weighted by Crippen LogP contribution is -2.31. The largest absolute Gasteiger partial charge is 0.308 e. The molecule has 1 heterocycles. The highest BCUT2D eigenvalue weighted by Gasteiger charge is 2.22. The van der Waals surface area contributed by atoms with Crippen LogP contribution < -0.4 is 16.0 Å². The second kappa shape index (κ2) is 6.51. The normalized spacial score (nSPS) is 23.5. The van der Waals surface area contributed by atoms with Gasteiger partial charge in [-0.3, -0.25) is 0 Å². The number of sulfonamides is 1. The van der Waals surface area contributed by atoms with E-state index >= 15 is 0 Å². The Morgan fingerprint density at radius 1 is 1.45 bits per heavy atom. The molecule has 1 aliphatic carbocycles. The Kier molecular flexibility index (Phi) is 4.95. The Hall–Kier alpha value is -1.18. The predicted octanol–water partition coefficient (Wildman–Crippen LogP) is 1.47. The molecule has 0 bridgehead atoms. The molecule has 6 nitrogen and oxygen atoms in total. The summed E-state index contributed by atoms with van der Waals surface area (Å²) in [6.07, 6.45) is 6.04. The topological polar surface area (TPSA) is 97.1 Å². The second-order valence-corrected chi connectivity index (χ2v) is 7.28. The lowest BCUT2D eigenvalue weighted by molar-refractivity contribution is 0.283. The molecule has 0 aliphatic heterocycles. The summed E-state index contributed by atoms with van der Waals surface area (Å²) in [6, 6.07) is 2.89. The lowest BCUT2D eigenvalue weighted by Gasteiger charge is -2.26. The van der Waals surface area contributed by atoms with E-state index in [-0.39, 0.29) is 4.90 Å². The average Bonchev–Trinajstić information content (AvgIpc) is 2.45. The van der Waals surface area contributed by atoms with Gasteiger partial charge in [0.25, 0.3) is 0 Å². The smallest absolute Gasteiger partial charge is 0.240 e. The summed E-state index contributed by atoms with van der Waals surface area (Å²) in [4.78, 5) is 4.09. The van der Waals surface area contributed by atoms with E-state index in [4.69, 9.17) is 5.84 Å². The van der Waals surface area contributed by atoms with Crippen LogP contribution in [0.25, 0.3) is 0 Å². The lowest BCUT2D eigenvalue weighted by atomic mass is 9.83. The maximum absolute atomic E-state index is 12.2. The van der Waals surface area contributed by atoms with E-state index in [1.54, 1.807) is 0 Å². The van der Waals surface area contributed by atoms with Gasteiger partial charge in [0.1, 0.15) is 5.82 Å². The number of aromatic nitrogens is 1. The Bertz CT molecular complexity index is 547. The van der Waals surface area contributed by atoms with Gasteiger partial charge in [0, 0.05) is 18.8 Å². The number of hydrazine groups is 1. The maximum Gasteiger partial charge on any atom is 0.240 e. The summed E-state index contributed by atoms with van der Waals surface area (Å²) in [7, 11) is -3.50. The third-order valence-electron chi connectivity index (χ3n) is 3.80. The minimum absolute atomic E-state index is 0.185. The summed E-state index contributed by atoms with van der Waals surface area (Å²) in [5, 5.41) is 0. The van der Waals surface area contributed by atoms with Crippen LogP contribution in [0.1, 0.15) is 32.6 Å². The zero-order valence-corrected chi connectivity index (χ0v) is 12.5. The number of hydrogen-bond acceptors (Lipinski definition) is 5. The van der Waals surface area contributed by atoms with E-state index in [2.05, 4.69) is 22.1 Å². The molecule has 112 valence electrons. The van der Waals surface area contributed by atoms with E-state index < -0.39 is 10.0 Å². The number of nitrogen functional groups attached to an aromatic ring is 1. The van der Waals surface area contributed by atoms with E-state index in [1.807, 2.05) is 0 Å². The van der Waals surface area contributed by atoms with Crippen molar-refractivity contribution in [2.24, 2.45) is 17.7 Å². The number of nitrogens with two attached hydrogens (primary N) is 1. The molecule has 1 aromatic rings. The Morgan fingerprint density at radius 3 is 2.95 bits per heavy atom. The molecule has 0 saturated heterocycles. The fourth-order valence-electron chi connectivity index (χ4n) is 2.71. The molecule has 0 amide bonds.